The highest BCUT2D eigenvalue weighted by Gasteiger charge is 2.27. The summed E-state index contributed by atoms with van der Waals surface area (Å²) in [6.45, 7) is 5.45. The fraction of sp³-hybridized carbons (Fsp3) is 0.417. The van der Waals surface area contributed by atoms with Crippen LogP contribution in [0.25, 0.3) is 0 Å². The molecular formula is C24H28F3NO5S. The zero-order valence-electron chi connectivity index (χ0n) is 19.5. The van der Waals surface area contributed by atoms with Crippen LogP contribution in [0, 0.1) is 5.92 Å². The van der Waals surface area contributed by atoms with E-state index in [-0.39, 0.29) is 30.6 Å². The summed E-state index contributed by atoms with van der Waals surface area (Å²) in [5.41, 5.74) is 1.55. The predicted molar refractivity (Wildman–Crippen MR) is 126 cm³/mol. The topological polar surface area (TPSA) is 73.9 Å². The van der Waals surface area contributed by atoms with Crippen molar-refractivity contribution in [3.8, 4) is 17.2 Å². The minimum Gasteiger partial charge on any atom is -0.493 e. The molecule has 1 amide bonds. The molecule has 0 spiro atoms. The summed E-state index contributed by atoms with van der Waals surface area (Å²) in [6, 6.07) is 9.75. The van der Waals surface area contributed by atoms with Crippen molar-refractivity contribution in [1.82, 2.24) is 0 Å². The third kappa shape index (κ3) is 8.81. The van der Waals surface area contributed by atoms with Crippen LogP contribution in [0.15, 0.2) is 36.4 Å². The Labute approximate surface area is 201 Å². The summed E-state index contributed by atoms with van der Waals surface area (Å²) in [4.78, 5) is 23.9. The summed E-state index contributed by atoms with van der Waals surface area (Å²) < 4.78 is 54.4. The molecule has 2 aromatic carbocycles. The highest BCUT2D eigenvalue weighted by atomic mass is 32.2. The van der Waals surface area contributed by atoms with Gasteiger partial charge in [0.15, 0.2) is 11.5 Å². The molecule has 186 valence electrons. The number of carbonyl (C=O) groups excluding carboxylic acids is 2. The van der Waals surface area contributed by atoms with Crippen LogP contribution in [0.4, 0.5) is 18.9 Å². The van der Waals surface area contributed by atoms with E-state index < -0.39 is 17.9 Å². The van der Waals surface area contributed by atoms with Gasteiger partial charge in [-0.25, -0.2) is 0 Å². The fourth-order valence-corrected chi connectivity index (χ4v) is 3.62. The maximum Gasteiger partial charge on any atom is 0.397 e. The molecule has 0 radical (unpaired) electrons. The lowest BCUT2D eigenvalue weighted by atomic mass is 10.1. The molecule has 0 bridgehead atoms. The van der Waals surface area contributed by atoms with E-state index in [2.05, 4.69) is 5.32 Å². The predicted octanol–water partition coefficient (Wildman–Crippen LogP) is 5.98. The van der Waals surface area contributed by atoms with E-state index in [1.54, 1.807) is 57.2 Å². The average Bonchev–Trinajstić information content (AvgIpc) is 2.75. The largest absolute Gasteiger partial charge is 0.493 e. The molecule has 0 aromatic heterocycles. The number of alkyl halides is 3. The van der Waals surface area contributed by atoms with E-state index in [1.807, 2.05) is 0 Å². The summed E-state index contributed by atoms with van der Waals surface area (Å²) in [6.07, 6.45) is -4.28. The number of rotatable bonds is 11. The minimum absolute atomic E-state index is 0.00502. The Kier molecular flexibility index (Phi) is 10.1. The van der Waals surface area contributed by atoms with Gasteiger partial charge in [-0.15, -0.1) is 11.8 Å². The molecule has 2 aromatic rings. The molecule has 0 aliphatic heterocycles. The summed E-state index contributed by atoms with van der Waals surface area (Å²) >= 11 is 0.689. The van der Waals surface area contributed by atoms with Crippen molar-refractivity contribution in [3.05, 3.63) is 47.5 Å². The van der Waals surface area contributed by atoms with Gasteiger partial charge in [0.25, 0.3) is 0 Å². The van der Waals surface area contributed by atoms with Crippen molar-refractivity contribution < 1.29 is 37.0 Å². The van der Waals surface area contributed by atoms with Crippen molar-refractivity contribution in [2.45, 2.75) is 39.1 Å². The SMILES string of the molecule is CCOC(=O)Cc1ccc(OC)c(Oc2ccc(NC(=O)C(C)C)cc2CSCC(F)(F)F)c1. The number of methoxy groups -OCH3 is 1. The zero-order chi connectivity index (χ0) is 25.3. The third-order valence-corrected chi connectivity index (χ3v) is 5.52. The van der Waals surface area contributed by atoms with Crippen LogP contribution in [0.2, 0.25) is 0 Å². The van der Waals surface area contributed by atoms with Gasteiger partial charge in [0.2, 0.25) is 5.91 Å². The van der Waals surface area contributed by atoms with Crippen LogP contribution in [0.5, 0.6) is 17.2 Å². The molecule has 10 heteroatoms. The highest BCUT2D eigenvalue weighted by molar-refractivity contribution is 7.98. The van der Waals surface area contributed by atoms with Crippen molar-refractivity contribution in [1.29, 1.82) is 0 Å². The summed E-state index contributed by atoms with van der Waals surface area (Å²) in [5, 5.41) is 2.74. The number of benzene rings is 2. The third-order valence-electron chi connectivity index (χ3n) is 4.48. The van der Waals surface area contributed by atoms with Gasteiger partial charge in [-0.1, -0.05) is 19.9 Å². The first kappa shape index (κ1) is 27.4. The Bertz CT molecular complexity index is 995. The van der Waals surface area contributed by atoms with Gasteiger partial charge in [-0.2, -0.15) is 13.2 Å². The van der Waals surface area contributed by atoms with Crippen molar-refractivity contribution >= 4 is 29.3 Å². The smallest absolute Gasteiger partial charge is 0.397 e. The van der Waals surface area contributed by atoms with Crippen LogP contribution in [0.1, 0.15) is 31.9 Å². The molecule has 0 atom stereocenters. The van der Waals surface area contributed by atoms with E-state index in [0.29, 0.717) is 45.8 Å². The van der Waals surface area contributed by atoms with Crippen LogP contribution >= 0.6 is 11.8 Å². The van der Waals surface area contributed by atoms with Gasteiger partial charge >= 0.3 is 12.1 Å². The number of hydrogen-bond donors (Lipinski definition) is 1. The second kappa shape index (κ2) is 12.5. The van der Waals surface area contributed by atoms with Crippen LogP contribution in [-0.4, -0.2) is 37.5 Å². The molecule has 2 rings (SSSR count). The zero-order valence-corrected chi connectivity index (χ0v) is 20.3. The number of anilines is 1. The van der Waals surface area contributed by atoms with E-state index >= 15 is 0 Å². The Morgan fingerprint density at radius 1 is 1.06 bits per heavy atom. The van der Waals surface area contributed by atoms with Gasteiger partial charge < -0.3 is 19.5 Å². The van der Waals surface area contributed by atoms with Gasteiger partial charge in [0.05, 0.1) is 25.9 Å². The molecular weight excluding hydrogens is 471 g/mol. The Morgan fingerprint density at radius 2 is 1.76 bits per heavy atom. The molecule has 1 N–H and O–H groups in total. The molecule has 0 aliphatic carbocycles. The molecule has 0 heterocycles. The number of thioether (sulfide) groups is 1. The van der Waals surface area contributed by atoms with Gasteiger partial charge in [0.1, 0.15) is 5.75 Å². The molecule has 0 saturated carbocycles. The second-order valence-corrected chi connectivity index (χ2v) is 8.63. The molecule has 34 heavy (non-hydrogen) atoms. The summed E-state index contributed by atoms with van der Waals surface area (Å²) in [7, 11) is 1.46. The number of carbonyl (C=O) groups is 2. The van der Waals surface area contributed by atoms with E-state index in [1.165, 1.54) is 7.11 Å². The van der Waals surface area contributed by atoms with E-state index in [0.717, 1.165) is 0 Å². The van der Waals surface area contributed by atoms with Gasteiger partial charge in [0, 0.05) is 22.9 Å². The lowest BCUT2D eigenvalue weighted by Crippen LogP contribution is -2.17. The minimum atomic E-state index is -4.31. The lowest BCUT2D eigenvalue weighted by Gasteiger charge is -2.17. The van der Waals surface area contributed by atoms with E-state index in [4.69, 9.17) is 14.2 Å². The number of nitrogens with one attached hydrogen (secondary N) is 1. The number of halogens is 3. The second-order valence-electron chi connectivity index (χ2n) is 7.64. The van der Waals surface area contributed by atoms with Crippen molar-refractivity contribution in [3.63, 3.8) is 0 Å². The molecule has 0 unspecified atom stereocenters. The normalized spacial score (nSPS) is 11.3. The maximum atomic E-state index is 12.7. The Hall–Kier alpha value is -2.88. The molecule has 0 fully saturated rings. The first-order valence-electron chi connectivity index (χ1n) is 10.6. The van der Waals surface area contributed by atoms with Gasteiger partial charge in [-0.3, -0.25) is 9.59 Å². The first-order chi connectivity index (χ1) is 16.0. The fourth-order valence-electron chi connectivity index (χ4n) is 2.84. The number of amides is 1. The van der Waals surface area contributed by atoms with Crippen molar-refractivity contribution in [2.75, 3.05) is 24.8 Å². The Balaban J connectivity index is 2.34. The number of ether oxygens (including phenoxy) is 3. The van der Waals surface area contributed by atoms with Crippen LogP contribution in [0.3, 0.4) is 0 Å². The van der Waals surface area contributed by atoms with Gasteiger partial charge in [-0.05, 0) is 42.8 Å². The standard InChI is InChI=1S/C24H28F3NO5S/c1-5-32-22(29)11-16-6-8-20(31-4)21(10-16)33-19-9-7-18(28-23(30)15(2)3)12-17(19)13-34-14-24(25,26)27/h6-10,12,15H,5,11,13-14H2,1-4H3,(H,28,30). The molecule has 0 aliphatic rings. The highest BCUT2D eigenvalue weighted by Crippen LogP contribution is 2.37. The maximum absolute atomic E-state index is 12.7. The average molecular weight is 500 g/mol. The monoisotopic (exact) mass is 499 g/mol. The molecule has 0 saturated heterocycles. The van der Waals surface area contributed by atoms with Crippen molar-refractivity contribution in [2.24, 2.45) is 5.92 Å². The summed E-state index contributed by atoms with van der Waals surface area (Å²) in [5.74, 6) is -0.888. The van der Waals surface area contributed by atoms with Crippen LogP contribution < -0.4 is 14.8 Å². The first-order valence-corrected chi connectivity index (χ1v) is 11.8. The quantitative estimate of drug-likeness (QED) is 0.383. The van der Waals surface area contributed by atoms with Crippen LogP contribution in [-0.2, 0) is 26.5 Å². The number of hydrogen-bond acceptors (Lipinski definition) is 6. The Morgan fingerprint density at radius 3 is 2.38 bits per heavy atom. The number of esters is 1. The lowest BCUT2D eigenvalue weighted by molar-refractivity contribution is -0.142. The van der Waals surface area contributed by atoms with E-state index in [9.17, 15) is 22.8 Å². The molecule has 6 nitrogen and oxygen atoms in total.